The molecular formula is C19H18BrN3O5. The molecule has 1 heterocycles. The normalized spacial score (nSPS) is 15.8. The van der Waals surface area contributed by atoms with Gasteiger partial charge in [0.15, 0.2) is 5.75 Å². The van der Waals surface area contributed by atoms with E-state index in [1.54, 1.807) is 6.07 Å². The molecule has 2 aromatic carbocycles. The average molecular weight is 448 g/mol. The van der Waals surface area contributed by atoms with Crippen LogP contribution in [-0.4, -0.2) is 30.9 Å². The Hall–Kier alpha value is -3.07. The van der Waals surface area contributed by atoms with Crippen molar-refractivity contribution in [1.82, 2.24) is 5.32 Å². The number of nitrogen functional groups attached to an aromatic ring is 1. The number of carbonyl (C=O) groups is 3. The molecule has 0 spiro atoms. The number of methoxy groups -OCH3 is 1. The number of hydrogen-bond acceptors (Lipinski definition) is 6. The summed E-state index contributed by atoms with van der Waals surface area (Å²) in [6, 6.07) is 7.38. The van der Waals surface area contributed by atoms with Crippen LogP contribution in [0.5, 0.6) is 11.5 Å². The molecule has 0 aliphatic carbocycles. The maximum atomic E-state index is 12.6. The number of anilines is 2. The fourth-order valence-corrected chi connectivity index (χ4v) is 3.37. The number of nitrogens with one attached hydrogen (secondary N) is 2. The van der Waals surface area contributed by atoms with E-state index in [4.69, 9.17) is 10.5 Å². The number of nitrogens with two attached hydrogens (primary N) is 1. The second kappa shape index (κ2) is 7.89. The zero-order chi connectivity index (χ0) is 20.4. The molecule has 0 radical (unpaired) electrons. The topological polar surface area (TPSA) is 120 Å². The number of ether oxygens (including phenoxy) is 2. The number of rotatable bonds is 4. The molecule has 4 N–H and O–H groups in total. The van der Waals surface area contributed by atoms with E-state index in [9.17, 15) is 14.4 Å². The summed E-state index contributed by atoms with van der Waals surface area (Å²) in [4.78, 5) is 36.4. The largest absolute Gasteiger partial charge is 0.469 e. The van der Waals surface area contributed by atoms with Crippen molar-refractivity contribution < 1.29 is 23.9 Å². The first kappa shape index (κ1) is 19.7. The van der Waals surface area contributed by atoms with E-state index >= 15 is 0 Å². The summed E-state index contributed by atoms with van der Waals surface area (Å²) in [5, 5.41) is 5.13. The van der Waals surface area contributed by atoms with Gasteiger partial charge in [-0.1, -0.05) is 15.9 Å². The van der Waals surface area contributed by atoms with Crippen molar-refractivity contribution in [1.29, 1.82) is 0 Å². The fraction of sp³-hybridized carbons (Fsp3) is 0.211. The molecule has 0 bridgehead atoms. The number of halogens is 1. The smallest absolute Gasteiger partial charge is 0.308 e. The van der Waals surface area contributed by atoms with Gasteiger partial charge >= 0.3 is 5.97 Å². The van der Waals surface area contributed by atoms with E-state index in [1.807, 2.05) is 19.1 Å². The van der Waals surface area contributed by atoms with E-state index in [0.717, 1.165) is 10.0 Å². The van der Waals surface area contributed by atoms with Crippen LogP contribution >= 0.6 is 15.9 Å². The molecule has 2 amide bonds. The van der Waals surface area contributed by atoms with Gasteiger partial charge in [0, 0.05) is 4.47 Å². The van der Waals surface area contributed by atoms with E-state index in [0.29, 0.717) is 5.75 Å². The number of aryl methyl sites for hydroxylation is 1. The Kier molecular flexibility index (Phi) is 5.55. The molecule has 0 unspecified atom stereocenters. The Bertz CT molecular complexity index is 956. The highest BCUT2D eigenvalue weighted by atomic mass is 79.9. The first-order chi connectivity index (χ1) is 13.3. The van der Waals surface area contributed by atoms with Gasteiger partial charge in [-0.05, 0) is 42.8 Å². The van der Waals surface area contributed by atoms with Crippen molar-refractivity contribution in [2.75, 3.05) is 18.2 Å². The summed E-state index contributed by atoms with van der Waals surface area (Å²) in [5.74, 6) is -0.863. The monoisotopic (exact) mass is 447 g/mol. The van der Waals surface area contributed by atoms with E-state index in [2.05, 4.69) is 31.3 Å². The zero-order valence-corrected chi connectivity index (χ0v) is 16.8. The minimum atomic E-state index is -1.05. The van der Waals surface area contributed by atoms with Gasteiger partial charge in [0.1, 0.15) is 11.8 Å². The van der Waals surface area contributed by atoms with Crippen molar-refractivity contribution in [3.63, 3.8) is 0 Å². The Morgan fingerprint density at radius 2 is 1.96 bits per heavy atom. The van der Waals surface area contributed by atoms with Gasteiger partial charge in [-0.2, -0.15) is 0 Å². The minimum Gasteiger partial charge on any atom is -0.469 e. The minimum absolute atomic E-state index is 0.177. The van der Waals surface area contributed by atoms with Crippen molar-refractivity contribution in [2.24, 2.45) is 0 Å². The molecule has 0 saturated heterocycles. The third kappa shape index (κ3) is 4.25. The number of fused-ring (bicyclic) bond motifs is 1. The molecule has 8 nitrogen and oxygen atoms in total. The van der Waals surface area contributed by atoms with Crippen LogP contribution in [0.3, 0.4) is 0 Å². The first-order valence-corrected chi connectivity index (χ1v) is 9.13. The van der Waals surface area contributed by atoms with Crippen molar-refractivity contribution in [2.45, 2.75) is 19.4 Å². The van der Waals surface area contributed by atoms with Crippen molar-refractivity contribution in [3.8, 4) is 11.5 Å². The molecule has 9 heteroatoms. The highest BCUT2D eigenvalue weighted by Crippen LogP contribution is 2.35. The lowest BCUT2D eigenvalue weighted by molar-refractivity contribution is -0.142. The zero-order valence-electron chi connectivity index (χ0n) is 15.2. The Morgan fingerprint density at radius 1 is 1.21 bits per heavy atom. The molecule has 0 fully saturated rings. The Labute approximate surface area is 169 Å². The standard InChI is InChI=1S/C19H18BrN3O5/c1-9-3-10(20)5-11(4-9)28-16-6-12-14(7-13(16)21)22-19(26)15(23-18(12)25)8-17(24)27-2/h3-7,15H,8,21H2,1-2H3,(H,22,26)(H,23,25)/t15-/m0/s1. The maximum Gasteiger partial charge on any atom is 0.308 e. The molecule has 146 valence electrons. The molecule has 2 aromatic rings. The molecule has 1 aliphatic rings. The third-order valence-electron chi connectivity index (χ3n) is 4.12. The summed E-state index contributed by atoms with van der Waals surface area (Å²) in [6.07, 6.45) is -0.280. The predicted octanol–water partition coefficient (Wildman–Crippen LogP) is 2.75. The quantitative estimate of drug-likeness (QED) is 0.489. The van der Waals surface area contributed by atoms with Gasteiger partial charge in [-0.3, -0.25) is 14.4 Å². The summed E-state index contributed by atoms with van der Waals surface area (Å²) >= 11 is 3.40. The molecule has 1 atom stereocenters. The van der Waals surface area contributed by atoms with Gasteiger partial charge < -0.3 is 25.8 Å². The number of amides is 2. The molecule has 1 aliphatic heterocycles. The Balaban J connectivity index is 1.92. The van der Waals surface area contributed by atoms with E-state index < -0.39 is 23.8 Å². The summed E-state index contributed by atoms with van der Waals surface area (Å²) in [5.41, 5.74) is 7.70. The van der Waals surface area contributed by atoms with Gasteiger partial charge in [-0.25, -0.2) is 0 Å². The Morgan fingerprint density at radius 3 is 2.64 bits per heavy atom. The van der Waals surface area contributed by atoms with Crippen LogP contribution in [0.1, 0.15) is 22.3 Å². The van der Waals surface area contributed by atoms with Crippen LogP contribution in [0.4, 0.5) is 11.4 Å². The number of esters is 1. The lowest BCUT2D eigenvalue weighted by Gasteiger charge is -2.13. The molecule has 0 aromatic heterocycles. The lowest BCUT2D eigenvalue weighted by Crippen LogP contribution is -2.42. The average Bonchev–Trinajstić information content (AvgIpc) is 2.71. The highest BCUT2D eigenvalue weighted by molar-refractivity contribution is 9.10. The van der Waals surface area contributed by atoms with E-state index in [1.165, 1.54) is 19.2 Å². The van der Waals surface area contributed by atoms with Gasteiger partial charge in [-0.15, -0.1) is 0 Å². The second-order valence-corrected chi connectivity index (χ2v) is 7.21. The first-order valence-electron chi connectivity index (χ1n) is 8.34. The van der Waals surface area contributed by atoms with Crippen molar-refractivity contribution in [3.05, 3.63) is 45.9 Å². The highest BCUT2D eigenvalue weighted by Gasteiger charge is 2.30. The second-order valence-electron chi connectivity index (χ2n) is 6.30. The maximum absolute atomic E-state index is 12.6. The van der Waals surface area contributed by atoms with Crippen molar-refractivity contribution >= 4 is 45.1 Å². The summed E-state index contributed by atoms with van der Waals surface area (Å²) < 4.78 is 11.2. The van der Waals surface area contributed by atoms with Crippen LogP contribution in [0.25, 0.3) is 0 Å². The third-order valence-corrected chi connectivity index (χ3v) is 4.57. The van der Waals surface area contributed by atoms with E-state index in [-0.39, 0.29) is 29.1 Å². The van der Waals surface area contributed by atoms with Crippen LogP contribution in [0.15, 0.2) is 34.8 Å². The van der Waals surface area contributed by atoms with Gasteiger partial charge in [0.05, 0.1) is 30.5 Å². The summed E-state index contributed by atoms with van der Waals surface area (Å²) in [7, 11) is 1.21. The fourth-order valence-electron chi connectivity index (χ4n) is 2.78. The van der Waals surface area contributed by atoms with Crippen LogP contribution in [0, 0.1) is 6.92 Å². The van der Waals surface area contributed by atoms with Crippen LogP contribution in [0.2, 0.25) is 0 Å². The van der Waals surface area contributed by atoms with Gasteiger partial charge in [0.25, 0.3) is 5.91 Å². The number of carbonyl (C=O) groups excluding carboxylic acids is 3. The van der Waals surface area contributed by atoms with Crippen LogP contribution < -0.4 is 21.1 Å². The van der Waals surface area contributed by atoms with Crippen LogP contribution in [-0.2, 0) is 14.3 Å². The number of benzene rings is 2. The SMILES string of the molecule is COC(=O)C[C@@H]1NC(=O)c2cc(Oc3cc(C)cc(Br)c3)c(N)cc2NC1=O. The molecule has 3 rings (SSSR count). The molecular weight excluding hydrogens is 430 g/mol. The van der Waals surface area contributed by atoms with Gasteiger partial charge in [0.2, 0.25) is 5.91 Å². The summed E-state index contributed by atoms with van der Waals surface area (Å²) in [6.45, 7) is 1.92. The number of hydrogen-bond donors (Lipinski definition) is 3. The predicted molar refractivity (Wildman–Crippen MR) is 106 cm³/mol. The molecule has 0 saturated carbocycles. The lowest BCUT2D eigenvalue weighted by atomic mass is 10.1. The molecule has 28 heavy (non-hydrogen) atoms.